The number of hydrogen-bond donors (Lipinski definition) is 1. The number of aliphatic carboxylic acids is 1. The van der Waals surface area contributed by atoms with E-state index in [0.29, 0.717) is 28.5 Å². The minimum absolute atomic E-state index is 0.179. The molecule has 0 aliphatic heterocycles. The number of carbonyl (C=O) groups is 2. The molecule has 3 aromatic carbocycles. The van der Waals surface area contributed by atoms with E-state index in [4.69, 9.17) is 14.6 Å². The highest BCUT2D eigenvalue weighted by Gasteiger charge is 2.19. The van der Waals surface area contributed by atoms with Gasteiger partial charge in [0.25, 0.3) is 0 Å². The van der Waals surface area contributed by atoms with Crippen LogP contribution in [0, 0.1) is 0 Å². The van der Waals surface area contributed by atoms with Gasteiger partial charge in [-0.1, -0.05) is 48.5 Å². The largest absolute Gasteiger partial charge is 0.482 e. The van der Waals surface area contributed by atoms with Gasteiger partial charge in [-0.05, 0) is 30.3 Å². The number of nitrogens with zero attached hydrogens (tertiary/aromatic N) is 1. The first-order valence-electron chi connectivity index (χ1n) is 9.07. The van der Waals surface area contributed by atoms with Gasteiger partial charge in [-0.2, -0.15) is 0 Å². The summed E-state index contributed by atoms with van der Waals surface area (Å²) in [4.78, 5) is 24.9. The third-order valence-corrected chi connectivity index (χ3v) is 4.16. The Kier molecular flexibility index (Phi) is 6.47. The van der Waals surface area contributed by atoms with E-state index < -0.39 is 12.6 Å². The van der Waals surface area contributed by atoms with Crippen molar-refractivity contribution < 1.29 is 24.2 Å². The van der Waals surface area contributed by atoms with Gasteiger partial charge in [0, 0.05) is 12.5 Å². The summed E-state index contributed by atoms with van der Waals surface area (Å²) < 4.78 is 11.4. The molecule has 1 N–H and O–H groups in total. The molecule has 29 heavy (non-hydrogen) atoms. The molecular weight excluding hydrogens is 370 g/mol. The SMILES string of the molecule is CC(=O)N(Cc1ccccc1OCC(=O)O)c1ccccc1Oc1ccccc1. The Morgan fingerprint density at radius 2 is 1.48 bits per heavy atom. The van der Waals surface area contributed by atoms with Crippen LogP contribution < -0.4 is 14.4 Å². The number of rotatable bonds is 8. The Morgan fingerprint density at radius 3 is 2.17 bits per heavy atom. The number of carbonyl (C=O) groups excluding carboxylic acids is 1. The molecule has 0 aromatic heterocycles. The van der Waals surface area contributed by atoms with Crippen molar-refractivity contribution in [1.29, 1.82) is 0 Å². The second-order valence-electron chi connectivity index (χ2n) is 6.28. The van der Waals surface area contributed by atoms with Crippen LogP contribution in [0.4, 0.5) is 5.69 Å². The predicted molar refractivity (Wildman–Crippen MR) is 109 cm³/mol. The lowest BCUT2D eigenvalue weighted by Crippen LogP contribution is -2.28. The molecule has 148 valence electrons. The summed E-state index contributed by atoms with van der Waals surface area (Å²) in [5.41, 5.74) is 1.30. The van der Waals surface area contributed by atoms with E-state index in [1.165, 1.54) is 6.92 Å². The molecule has 3 aromatic rings. The maximum atomic E-state index is 12.5. The summed E-state index contributed by atoms with van der Waals surface area (Å²) in [5, 5.41) is 8.88. The van der Waals surface area contributed by atoms with Crippen LogP contribution in [0.5, 0.6) is 17.2 Å². The highest BCUT2D eigenvalue weighted by atomic mass is 16.5. The first kappa shape index (κ1) is 19.9. The minimum Gasteiger partial charge on any atom is -0.482 e. The maximum Gasteiger partial charge on any atom is 0.341 e. The van der Waals surface area contributed by atoms with Crippen LogP contribution in [0.25, 0.3) is 0 Å². The number of hydrogen-bond acceptors (Lipinski definition) is 4. The van der Waals surface area contributed by atoms with Crippen molar-refractivity contribution in [3.8, 4) is 17.2 Å². The lowest BCUT2D eigenvalue weighted by atomic mass is 10.1. The normalized spacial score (nSPS) is 10.2. The zero-order valence-corrected chi connectivity index (χ0v) is 15.9. The maximum absolute atomic E-state index is 12.5. The van der Waals surface area contributed by atoms with Gasteiger partial charge < -0.3 is 19.5 Å². The molecule has 0 aliphatic carbocycles. The molecule has 3 rings (SSSR count). The third-order valence-electron chi connectivity index (χ3n) is 4.16. The molecule has 0 atom stereocenters. The van der Waals surface area contributed by atoms with E-state index >= 15 is 0 Å². The molecule has 1 amide bonds. The van der Waals surface area contributed by atoms with E-state index in [9.17, 15) is 9.59 Å². The van der Waals surface area contributed by atoms with Crippen molar-refractivity contribution in [2.24, 2.45) is 0 Å². The van der Waals surface area contributed by atoms with Crippen molar-refractivity contribution in [1.82, 2.24) is 0 Å². The molecule has 6 nitrogen and oxygen atoms in total. The second kappa shape index (κ2) is 9.41. The number of benzene rings is 3. The number of carboxylic acids is 1. The first-order valence-corrected chi connectivity index (χ1v) is 9.07. The average molecular weight is 391 g/mol. The van der Waals surface area contributed by atoms with E-state index in [-0.39, 0.29) is 12.5 Å². The number of carboxylic acid groups (broad SMARTS) is 1. The summed E-state index contributed by atoms with van der Waals surface area (Å²) in [7, 11) is 0. The van der Waals surface area contributed by atoms with E-state index in [0.717, 1.165) is 0 Å². The van der Waals surface area contributed by atoms with Gasteiger partial charge in [0.1, 0.15) is 11.5 Å². The Hall–Kier alpha value is -3.80. The lowest BCUT2D eigenvalue weighted by molar-refractivity contribution is -0.139. The van der Waals surface area contributed by atoms with Crippen LogP contribution in [-0.4, -0.2) is 23.6 Å². The molecular formula is C23H21NO5. The van der Waals surface area contributed by atoms with Crippen LogP contribution >= 0.6 is 0 Å². The summed E-state index contributed by atoms with van der Waals surface area (Å²) in [6.45, 7) is 1.23. The van der Waals surface area contributed by atoms with E-state index in [1.54, 1.807) is 35.2 Å². The van der Waals surface area contributed by atoms with Gasteiger partial charge in [-0.25, -0.2) is 4.79 Å². The molecule has 0 aliphatic rings. The molecule has 6 heteroatoms. The predicted octanol–water partition coefficient (Wildman–Crippen LogP) is 4.50. The van der Waals surface area contributed by atoms with Gasteiger partial charge in [-0.15, -0.1) is 0 Å². The lowest BCUT2D eigenvalue weighted by Gasteiger charge is -2.24. The second-order valence-corrected chi connectivity index (χ2v) is 6.28. The van der Waals surface area contributed by atoms with Crippen LogP contribution in [0.1, 0.15) is 12.5 Å². The standard InChI is InChI=1S/C23H21NO5/c1-17(25)24(15-18-9-5-7-13-21(18)28-16-23(26)27)20-12-6-8-14-22(20)29-19-10-3-2-4-11-19/h2-14H,15-16H2,1H3,(H,26,27). The van der Waals surface area contributed by atoms with Crippen LogP contribution in [-0.2, 0) is 16.1 Å². The monoisotopic (exact) mass is 391 g/mol. The summed E-state index contributed by atoms with van der Waals surface area (Å²) >= 11 is 0. The molecule has 0 unspecified atom stereocenters. The number of amides is 1. The molecule has 0 saturated carbocycles. The Bertz CT molecular complexity index is 987. The van der Waals surface area contributed by atoms with Crippen molar-refractivity contribution in [2.75, 3.05) is 11.5 Å². The van der Waals surface area contributed by atoms with Crippen molar-refractivity contribution >= 4 is 17.6 Å². The van der Waals surface area contributed by atoms with Crippen LogP contribution in [0.15, 0.2) is 78.9 Å². The third kappa shape index (κ3) is 5.35. The highest BCUT2D eigenvalue weighted by molar-refractivity contribution is 5.93. The van der Waals surface area contributed by atoms with Crippen molar-refractivity contribution in [2.45, 2.75) is 13.5 Å². The summed E-state index contributed by atoms with van der Waals surface area (Å²) in [6.07, 6.45) is 0. The summed E-state index contributed by atoms with van der Waals surface area (Å²) in [6, 6.07) is 23.6. The minimum atomic E-state index is -1.06. The molecule has 0 spiro atoms. The first-order chi connectivity index (χ1) is 14.0. The topological polar surface area (TPSA) is 76.1 Å². The fraction of sp³-hybridized carbons (Fsp3) is 0.130. The highest BCUT2D eigenvalue weighted by Crippen LogP contribution is 2.34. The zero-order valence-electron chi connectivity index (χ0n) is 15.9. The van der Waals surface area contributed by atoms with Gasteiger partial charge in [0.05, 0.1) is 12.2 Å². The van der Waals surface area contributed by atoms with Gasteiger partial charge in [0.2, 0.25) is 5.91 Å². The van der Waals surface area contributed by atoms with Crippen LogP contribution in [0.3, 0.4) is 0 Å². The molecule has 0 bridgehead atoms. The number of anilines is 1. The number of ether oxygens (including phenoxy) is 2. The number of para-hydroxylation sites is 4. The Balaban J connectivity index is 1.90. The quantitative estimate of drug-likeness (QED) is 0.612. The Labute approximate surface area is 168 Å². The van der Waals surface area contributed by atoms with Crippen LogP contribution in [0.2, 0.25) is 0 Å². The molecule has 0 fully saturated rings. The van der Waals surface area contributed by atoms with E-state index in [1.807, 2.05) is 48.5 Å². The molecule has 0 heterocycles. The summed E-state index contributed by atoms with van der Waals surface area (Å²) in [5.74, 6) is 0.376. The fourth-order valence-electron chi connectivity index (χ4n) is 2.83. The van der Waals surface area contributed by atoms with Gasteiger partial charge >= 0.3 is 5.97 Å². The van der Waals surface area contributed by atoms with Gasteiger partial charge in [0.15, 0.2) is 12.4 Å². The smallest absolute Gasteiger partial charge is 0.341 e. The Morgan fingerprint density at radius 1 is 0.862 bits per heavy atom. The van der Waals surface area contributed by atoms with Gasteiger partial charge in [-0.3, -0.25) is 4.79 Å². The van der Waals surface area contributed by atoms with E-state index in [2.05, 4.69) is 0 Å². The fourth-order valence-corrected chi connectivity index (χ4v) is 2.83. The zero-order chi connectivity index (χ0) is 20.6. The van der Waals surface area contributed by atoms with Crippen molar-refractivity contribution in [3.05, 3.63) is 84.4 Å². The van der Waals surface area contributed by atoms with Crippen molar-refractivity contribution in [3.63, 3.8) is 0 Å². The molecule has 0 saturated heterocycles. The molecule has 0 radical (unpaired) electrons. The average Bonchev–Trinajstić information content (AvgIpc) is 2.72.